The molecule has 0 heterocycles. The molecule has 0 aliphatic heterocycles. The predicted molar refractivity (Wildman–Crippen MR) is 97.6 cm³/mol. The number of ether oxygens (including phenoxy) is 2. The molecule has 0 bridgehead atoms. The Hall–Kier alpha value is -2.74. The molecule has 0 fully saturated rings. The van der Waals surface area contributed by atoms with Crippen molar-refractivity contribution in [2.45, 2.75) is 18.7 Å². The van der Waals surface area contributed by atoms with Crippen LogP contribution in [0.4, 0.5) is 13.2 Å². The number of hydrogen-bond acceptors (Lipinski definition) is 4. The van der Waals surface area contributed by atoms with Gasteiger partial charge in [0, 0.05) is 13.0 Å². The van der Waals surface area contributed by atoms with E-state index in [1.165, 1.54) is 19.2 Å². The highest BCUT2D eigenvalue weighted by atomic mass is 19.4. The Labute approximate surface area is 161 Å². The lowest BCUT2D eigenvalue weighted by molar-refractivity contribution is -0.138. The summed E-state index contributed by atoms with van der Waals surface area (Å²) >= 11 is 0. The Kier molecular flexibility index (Phi) is 7.28. The maximum atomic E-state index is 13.0. The number of aliphatic carboxylic acids is 1. The first-order valence-electron chi connectivity index (χ1n) is 8.57. The van der Waals surface area contributed by atoms with Crippen LogP contribution in [0.15, 0.2) is 48.5 Å². The Morgan fingerprint density at radius 3 is 2.39 bits per heavy atom. The van der Waals surface area contributed by atoms with Gasteiger partial charge in [-0.15, -0.1) is 0 Å². The standard InChI is InChI=1S/C20H22F3NO4/c1-24(13-19(25)26)11-10-18(14-6-8-16(27-2)9-7-14)28-17-5-3-4-15(12-17)20(21,22)23/h3-9,12,18H,10-11,13H2,1-2H3,(H,25,26)/t18-/m0/s1. The molecule has 1 atom stereocenters. The van der Waals surface area contributed by atoms with Gasteiger partial charge in [0.2, 0.25) is 0 Å². The van der Waals surface area contributed by atoms with E-state index in [9.17, 15) is 18.0 Å². The molecule has 0 spiro atoms. The number of hydrogen-bond donors (Lipinski definition) is 1. The molecule has 5 nitrogen and oxygen atoms in total. The van der Waals surface area contributed by atoms with Crippen LogP contribution in [0, 0.1) is 0 Å². The van der Waals surface area contributed by atoms with Crippen molar-refractivity contribution in [3.8, 4) is 11.5 Å². The van der Waals surface area contributed by atoms with Crippen molar-refractivity contribution in [2.24, 2.45) is 0 Å². The number of nitrogens with zero attached hydrogens (tertiary/aromatic N) is 1. The van der Waals surface area contributed by atoms with E-state index in [0.717, 1.165) is 17.7 Å². The number of methoxy groups -OCH3 is 1. The third-order valence-corrected chi connectivity index (χ3v) is 4.11. The lowest BCUT2D eigenvalue weighted by atomic mass is 10.1. The van der Waals surface area contributed by atoms with E-state index in [1.54, 1.807) is 36.2 Å². The Morgan fingerprint density at radius 1 is 1.14 bits per heavy atom. The summed E-state index contributed by atoms with van der Waals surface area (Å²) in [5.74, 6) is -0.219. The second-order valence-electron chi connectivity index (χ2n) is 6.33. The van der Waals surface area contributed by atoms with Gasteiger partial charge in [-0.25, -0.2) is 0 Å². The van der Waals surface area contributed by atoms with E-state index in [-0.39, 0.29) is 12.3 Å². The first kappa shape index (κ1) is 21.6. The molecule has 0 unspecified atom stereocenters. The van der Waals surface area contributed by atoms with Gasteiger partial charge in [-0.05, 0) is 42.9 Å². The van der Waals surface area contributed by atoms with E-state index in [0.29, 0.717) is 18.7 Å². The Balaban J connectivity index is 2.21. The van der Waals surface area contributed by atoms with E-state index in [2.05, 4.69) is 0 Å². The molecule has 0 aliphatic carbocycles. The van der Waals surface area contributed by atoms with Crippen LogP contribution in [0.25, 0.3) is 0 Å². The number of rotatable bonds is 9. The average Bonchev–Trinajstić information content (AvgIpc) is 2.64. The van der Waals surface area contributed by atoms with Gasteiger partial charge in [0.1, 0.15) is 17.6 Å². The number of carboxylic acid groups (broad SMARTS) is 1. The minimum atomic E-state index is -4.46. The SMILES string of the molecule is COc1ccc([C@H](CCN(C)CC(=O)O)Oc2cccc(C(F)(F)F)c2)cc1. The summed E-state index contributed by atoms with van der Waals surface area (Å²) in [7, 11) is 3.19. The van der Waals surface area contributed by atoms with Crippen molar-refractivity contribution in [3.05, 3.63) is 59.7 Å². The van der Waals surface area contributed by atoms with Crippen LogP contribution in [0.2, 0.25) is 0 Å². The van der Waals surface area contributed by atoms with Crippen LogP contribution in [-0.4, -0.2) is 43.2 Å². The van der Waals surface area contributed by atoms with Gasteiger partial charge in [0.05, 0.1) is 19.2 Å². The number of carboxylic acids is 1. The van der Waals surface area contributed by atoms with Crippen molar-refractivity contribution >= 4 is 5.97 Å². The fourth-order valence-electron chi connectivity index (χ4n) is 2.67. The fourth-order valence-corrected chi connectivity index (χ4v) is 2.67. The molecule has 2 aromatic rings. The topological polar surface area (TPSA) is 59.0 Å². The zero-order chi connectivity index (χ0) is 20.7. The van der Waals surface area contributed by atoms with Gasteiger partial charge in [-0.3, -0.25) is 9.69 Å². The number of likely N-dealkylation sites (N-methyl/N-ethyl adjacent to an activating group) is 1. The second kappa shape index (κ2) is 9.45. The maximum Gasteiger partial charge on any atom is 0.416 e. The predicted octanol–water partition coefficient (Wildman–Crippen LogP) is 4.24. The van der Waals surface area contributed by atoms with E-state index in [1.807, 2.05) is 0 Å². The summed E-state index contributed by atoms with van der Waals surface area (Å²) in [5.41, 5.74) is -0.0385. The van der Waals surface area contributed by atoms with Crippen molar-refractivity contribution in [1.29, 1.82) is 0 Å². The van der Waals surface area contributed by atoms with Crippen molar-refractivity contribution in [3.63, 3.8) is 0 Å². The highest BCUT2D eigenvalue weighted by Crippen LogP contribution is 2.33. The minimum absolute atomic E-state index is 0.0940. The van der Waals surface area contributed by atoms with E-state index >= 15 is 0 Å². The molecule has 0 aromatic heterocycles. The molecular weight excluding hydrogens is 375 g/mol. The average molecular weight is 397 g/mol. The summed E-state index contributed by atoms with van der Waals surface area (Å²) in [6.45, 7) is 0.251. The number of carbonyl (C=O) groups is 1. The van der Waals surface area contributed by atoms with Gasteiger partial charge >= 0.3 is 12.1 Å². The molecular formula is C20H22F3NO4. The highest BCUT2D eigenvalue weighted by molar-refractivity contribution is 5.68. The van der Waals surface area contributed by atoms with Crippen LogP contribution in [0.3, 0.4) is 0 Å². The third-order valence-electron chi connectivity index (χ3n) is 4.11. The summed E-state index contributed by atoms with van der Waals surface area (Å²) in [5, 5.41) is 8.87. The van der Waals surface area contributed by atoms with Crippen molar-refractivity contribution in [1.82, 2.24) is 4.90 Å². The van der Waals surface area contributed by atoms with Crippen LogP contribution in [0.5, 0.6) is 11.5 Å². The second-order valence-corrected chi connectivity index (χ2v) is 6.33. The van der Waals surface area contributed by atoms with Crippen LogP contribution >= 0.6 is 0 Å². The lowest BCUT2D eigenvalue weighted by Crippen LogP contribution is -2.28. The maximum absolute atomic E-state index is 13.0. The fraction of sp³-hybridized carbons (Fsp3) is 0.350. The molecule has 2 rings (SSSR count). The zero-order valence-corrected chi connectivity index (χ0v) is 15.6. The molecule has 2 aromatic carbocycles. The summed E-state index contributed by atoms with van der Waals surface area (Å²) in [6.07, 6.45) is -4.62. The molecule has 28 heavy (non-hydrogen) atoms. The molecule has 0 amide bonds. The van der Waals surface area contributed by atoms with Crippen molar-refractivity contribution < 1.29 is 32.5 Å². The first-order chi connectivity index (χ1) is 13.2. The van der Waals surface area contributed by atoms with Gasteiger partial charge in [0.15, 0.2) is 0 Å². The Morgan fingerprint density at radius 2 is 1.82 bits per heavy atom. The quantitative estimate of drug-likeness (QED) is 0.686. The van der Waals surface area contributed by atoms with Gasteiger partial charge in [-0.2, -0.15) is 13.2 Å². The van der Waals surface area contributed by atoms with Crippen LogP contribution in [-0.2, 0) is 11.0 Å². The normalized spacial score (nSPS) is 12.6. The molecule has 1 N–H and O–H groups in total. The Bertz CT molecular complexity index is 778. The monoisotopic (exact) mass is 397 g/mol. The molecule has 8 heteroatoms. The first-order valence-corrected chi connectivity index (χ1v) is 8.57. The molecule has 152 valence electrons. The number of alkyl halides is 3. The molecule has 0 radical (unpaired) electrons. The summed E-state index contributed by atoms with van der Waals surface area (Å²) in [4.78, 5) is 12.4. The third kappa shape index (κ3) is 6.45. The molecule has 0 saturated carbocycles. The van der Waals surface area contributed by atoms with Gasteiger partial charge in [-0.1, -0.05) is 18.2 Å². The smallest absolute Gasteiger partial charge is 0.416 e. The number of halogens is 3. The summed E-state index contributed by atoms with van der Waals surface area (Å²) < 4.78 is 49.8. The largest absolute Gasteiger partial charge is 0.497 e. The summed E-state index contributed by atoms with van der Waals surface area (Å²) in [6, 6.07) is 11.7. The van der Waals surface area contributed by atoms with Crippen molar-refractivity contribution in [2.75, 3.05) is 27.2 Å². The van der Waals surface area contributed by atoms with Crippen LogP contribution < -0.4 is 9.47 Å². The zero-order valence-electron chi connectivity index (χ0n) is 15.6. The van der Waals surface area contributed by atoms with Gasteiger partial charge < -0.3 is 14.6 Å². The van der Waals surface area contributed by atoms with Crippen LogP contribution in [0.1, 0.15) is 23.7 Å². The lowest BCUT2D eigenvalue weighted by Gasteiger charge is -2.23. The van der Waals surface area contributed by atoms with E-state index < -0.39 is 23.8 Å². The highest BCUT2D eigenvalue weighted by Gasteiger charge is 2.31. The molecule has 0 aliphatic rings. The van der Waals surface area contributed by atoms with E-state index in [4.69, 9.17) is 14.6 Å². The van der Waals surface area contributed by atoms with Gasteiger partial charge in [0.25, 0.3) is 0 Å². The molecule has 0 saturated heterocycles. The minimum Gasteiger partial charge on any atom is -0.497 e. The number of benzene rings is 2.